The van der Waals surface area contributed by atoms with Gasteiger partial charge in [0, 0.05) is 11.1 Å². The van der Waals surface area contributed by atoms with Crippen molar-refractivity contribution in [1.29, 1.82) is 0 Å². The molecule has 49 heavy (non-hydrogen) atoms. The summed E-state index contributed by atoms with van der Waals surface area (Å²) in [5.74, 6) is -0.785. The molecule has 0 amide bonds. The van der Waals surface area contributed by atoms with Crippen LogP contribution in [-0.2, 0) is 20.9 Å². The fourth-order valence-corrected chi connectivity index (χ4v) is 4.68. The summed E-state index contributed by atoms with van der Waals surface area (Å²) >= 11 is 12.0. The Morgan fingerprint density at radius 3 is 1.82 bits per heavy atom. The summed E-state index contributed by atoms with van der Waals surface area (Å²) in [5, 5.41) is 9.66. The maximum absolute atomic E-state index is 12.1. The van der Waals surface area contributed by atoms with Gasteiger partial charge in [0.1, 0.15) is 11.5 Å². The first-order valence-electron chi connectivity index (χ1n) is 15.5. The van der Waals surface area contributed by atoms with Crippen molar-refractivity contribution >= 4 is 46.7 Å². The molecule has 0 heterocycles. The molecule has 4 aromatic rings. The highest BCUT2D eigenvalue weighted by molar-refractivity contribution is 6.33. The van der Waals surface area contributed by atoms with E-state index in [-0.39, 0.29) is 43.6 Å². The lowest BCUT2D eigenvalue weighted by atomic mass is 10.1. The van der Waals surface area contributed by atoms with Crippen LogP contribution in [-0.4, -0.2) is 55.0 Å². The summed E-state index contributed by atoms with van der Waals surface area (Å²) in [6.07, 6.45) is 2.04. The van der Waals surface area contributed by atoms with Crippen LogP contribution in [0, 0.1) is 13.8 Å². The fraction of sp³-hybridized carbons (Fsp3) is 0.263. The second-order valence-electron chi connectivity index (χ2n) is 10.9. The van der Waals surface area contributed by atoms with Gasteiger partial charge in [-0.25, -0.2) is 9.59 Å². The number of aryl methyl sites for hydroxylation is 2. The number of esters is 2. The molecular formula is C38H38Cl2O9. The Morgan fingerprint density at radius 1 is 0.673 bits per heavy atom. The molecule has 4 aromatic carbocycles. The number of halogens is 2. The summed E-state index contributed by atoms with van der Waals surface area (Å²) in [5.41, 5.74) is 3.73. The second-order valence-corrected chi connectivity index (χ2v) is 11.7. The molecule has 0 saturated heterocycles. The standard InChI is InChI=1S/C21H23ClO5.C17H15ClO4/c1-3-4-11-25-17-8-6-16(7-9-17)19(23)13-27-21(24)14-26-20-10-5-15(2)12-18(20)22;1-11-2-7-14(15(18)8-11)17(21)22-10-16(20)13-5-3-12(9-19)4-6-13/h5-10,12H,3-4,11,13-14H2,1-2H3;2-8,19H,9-10H2,1H3. The average molecular weight is 710 g/mol. The number of ketones is 2. The van der Waals surface area contributed by atoms with Gasteiger partial charge in [-0.3, -0.25) is 9.59 Å². The Kier molecular flexibility index (Phi) is 15.8. The van der Waals surface area contributed by atoms with Gasteiger partial charge in [-0.2, -0.15) is 0 Å². The summed E-state index contributed by atoms with van der Waals surface area (Å²) < 4.78 is 20.8. The first-order valence-corrected chi connectivity index (χ1v) is 16.2. The summed E-state index contributed by atoms with van der Waals surface area (Å²) in [7, 11) is 0. The van der Waals surface area contributed by atoms with Crippen LogP contribution < -0.4 is 9.47 Å². The quantitative estimate of drug-likeness (QED) is 0.0748. The van der Waals surface area contributed by atoms with Crippen molar-refractivity contribution in [3.05, 3.63) is 128 Å². The molecule has 11 heteroatoms. The van der Waals surface area contributed by atoms with Crippen molar-refractivity contribution in [2.45, 2.75) is 40.2 Å². The molecule has 0 atom stereocenters. The van der Waals surface area contributed by atoms with Crippen LogP contribution in [0.25, 0.3) is 0 Å². The molecule has 0 spiro atoms. The molecule has 9 nitrogen and oxygen atoms in total. The average Bonchev–Trinajstić information content (AvgIpc) is 3.09. The van der Waals surface area contributed by atoms with E-state index < -0.39 is 11.9 Å². The molecule has 0 bridgehead atoms. The number of ether oxygens (including phenoxy) is 4. The lowest BCUT2D eigenvalue weighted by Gasteiger charge is -2.09. The molecule has 0 aliphatic rings. The molecule has 0 fully saturated rings. The Labute approximate surface area is 295 Å². The van der Waals surface area contributed by atoms with Gasteiger partial charge in [0.15, 0.2) is 31.4 Å². The van der Waals surface area contributed by atoms with Crippen LogP contribution in [0.15, 0.2) is 84.9 Å². The summed E-state index contributed by atoms with van der Waals surface area (Å²) in [6.45, 7) is 5.39. The third-order valence-corrected chi connectivity index (χ3v) is 7.49. The molecule has 0 aromatic heterocycles. The predicted octanol–water partition coefficient (Wildman–Crippen LogP) is 7.81. The highest BCUT2D eigenvalue weighted by Crippen LogP contribution is 2.25. The minimum Gasteiger partial charge on any atom is -0.494 e. The first-order chi connectivity index (χ1) is 23.5. The molecule has 0 saturated carbocycles. The maximum atomic E-state index is 12.1. The summed E-state index contributed by atoms with van der Waals surface area (Å²) in [4.78, 5) is 47.7. The van der Waals surface area contributed by atoms with Crippen molar-refractivity contribution in [2.24, 2.45) is 0 Å². The van der Waals surface area contributed by atoms with Crippen molar-refractivity contribution in [1.82, 2.24) is 0 Å². The van der Waals surface area contributed by atoms with Gasteiger partial charge in [0.25, 0.3) is 0 Å². The largest absolute Gasteiger partial charge is 0.494 e. The van der Waals surface area contributed by atoms with Crippen LogP contribution in [0.1, 0.15) is 67.5 Å². The van der Waals surface area contributed by atoms with Crippen LogP contribution in [0.2, 0.25) is 10.0 Å². The number of rotatable bonds is 15. The van der Waals surface area contributed by atoms with E-state index in [1.165, 1.54) is 0 Å². The van der Waals surface area contributed by atoms with Gasteiger partial charge < -0.3 is 24.1 Å². The number of benzene rings is 4. The van der Waals surface area contributed by atoms with E-state index in [0.717, 1.165) is 24.0 Å². The smallest absolute Gasteiger partial charge is 0.344 e. The number of aliphatic hydroxyl groups is 1. The predicted molar refractivity (Wildman–Crippen MR) is 187 cm³/mol. The van der Waals surface area contributed by atoms with E-state index in [4.69, 9.17) is 47.3 Å². The SMILES string of the molecule is CCCCOc1ccc(C(=O)COC(=O)COc2ccc(C)cc2Cl)cc1.Cc1ccc(C(=O)OCC(=O)c2ccc(CO)cc2)c(Cl)c1. The minimum absolute atomic E-state index is 0.0879. The summed E-state index contributed by atoms with van der Waals surface area (Å²) in [6, 6.07) is 23.4. The number of carbonyl (C=O) groups is 4. The third-order valence-electron chi connectivity index (χ3n) is 6.88. The Balaban J connectivity index is 0.000000271. The van der Waals surface area contributed by atoms with Gasteiger partial charge in [0.2, 0.25) is 0 Å². The van der Waals surface area contributed by atoms with E-state index in [2.05, 4.69) is 6.92 Å². The number of carbonyl (C=O) groups excluding carboxylic acids is 4. The molecule has 258 valence electrons. The maximum Gasteiger partial charge on any atom is 0.344 e. The van der Waals surface area contributed by atoms with Crippen molar-refractivity contribution in [3.8, 4) is 11.5 Å². The highest BCUT2D eigenvalue weighted by atomic mass is 35.5. The van der Waals surface area contributed by atoms with Gasteiger partial charge in [0.05, 0.1) is 28.8 Å². The van der Waals surface area contributed by atoms with Crippen LogP contribution in [0.4, 0.5) is 0 Å². The van der Waals surface area contributed by atoms with Crippen LogP contribution >= 0.6 is 23.2 Å². The lowest BCUT2D eigenvalue weighted by Crippen LogP contribution is -2.19. The number of hydrogen-bond donors (Lipinski definition) is 1. The number of Topliss-reactive ketones (excluding diaryl/α,β-unsaturated/α-hetero) is 2. The monoisotopic (exact) mass is 708 g/mol. The van der Waals surface area contributed by atoms with Crippen LogP contribution in [0.5, 0.6) is 11.5 Å². The molecule has 0 radical (unpaired) electrons. The first kappa shape index (κ1) is 38.7. The molecule has 4 rings (SSSR count). The Bertz CT molecular complexity index is 1720. The van der Waals surface area contributed by atoms with Gasteiger partial charge in [-0.15, -0.1) is 0 Å². The molecular weight excluding hydrogens is 671 g/mol. The lowest BCUT2D eigenvalue weighted by molar-refractivity contribution is -0.144. The van der Waals surface area contributed by atoms with E-state index in [1.54, 1.807) is 78.9 Å². The normalized spacial score (nSPS) is 10.3. The minimum atomic E-state index is -0.639. The van der Waals surface area contributed by atoms with E-state index in [0.29, 0.717) is 44.8 Å². The Hall–Kier alpha value is -4.70. The highest BCUT2D eigenvalue weighted by Gasteiger charge is 2.15. The van der Waals surface area contributed by atoms with Gasteiger partial charge in [-0.1, -0.05) is 72.9 Å². The second kappa shape index (κ2) is 20.0. The van der Waals surface area contributed by atoms with E-state index >= 15 is 0 Å². The fourth-order valence-electron chi connectivity index (χ4n) is 4.08. The molecule has 0 aliphatic carbocycles. The third kappa shape index (κ3) is 13.0. The zero-order chi connectivity index (χ0) is 35.8. The van der Waals surface area contributed by atoms with Gasteiger partial charge >= 0.3 is 11.9 Å². The van der Waals surface area contributed by atoms with Crippen molar-refractivity contribution in [3.63, 3.8) is 0 Å². The number of aliphatic hydroxyl groups excluding tert-OH is 1. The van der Waals surface area contributed by atoms with Crippen molar-refractivity contribution in [2.75, 3.05) is 26.4 Å². The zero-order valence-electron chi connectivity index (χ0n) is 27.5. The zero-order valence-corrected chi connectivity index (χ0v) is 29.0. The Morgan fingerprint density at radius 2 is 1.24 bits per heavy atom. The topological polar surface area (TPSA) is 125 Å². The molecule has 0 unspecified atom stereocenters. The van der Waals surface area contributed by atoms with Gasteiger partial charge in [-0.05, 0) is 85.5 Å². The molecule has 0 aliphatic heterocycles. The number of hydrogen-bond acceptors (Lipinski definition) is 9. The van der Waals surface area contributed by atoms with Crippen molar-refractivity contribution < 1.29 is 43.2 Å². The van der Waals surface area contributed by atoms with E-state index in [9.17, 15) is 19.2 Å². The molecule has 1 N–H and O–H groups in total. The van der Waals surface area contributed by atoms with E-state index in [1.807, 2.05) is 19.9 Å². The van der Waals surface area contributed by atoms with Crippen LogP contribution in [0.3, 0.4) is 0 Å². The number of unbranched alkanes of at least 4 members (excludes halogenated alkanes) is 1.